The molecule has 0 spiro atoms. The summed E-state index contributed by atoms with van der Waals surface area (Å²) in [6.07, 6.45) is 0.750. The molecule has 0 aromatic carbocycles. The molecule has 0 unspecified atom stereocenters. The van der Waals surface area contributed by atoms with Crippen LogP contribution in [0.25, 0.3) is 0 Å². The highest BCUT2D eigenvalue weighted by Gasteiger charge is 1.82. The maximum Gasteiger partial charge on any atom is 0.209 e. The number of ether oxygens (including phenoxy) is 2. The molecule has 0 saturated carbocycles. The second-order valence-corrected chi connectivity index (χ2v) is 2.40. The van der Waals surface area contributed by atoms with Crippen molar-refractivity contribution in [2.24, 2.45) is 0 Å². The minimum Gasteiger partial charge on any atom is -0.394 e. The van der Waals surface area contributed by atoms with Crippen LogP contribution in [0.15, 0.2) is 0 Å². The van der Waals surface area contributed by atoms with Crippen LogP contribution < -0.4 is 0 Å². The molecule has 0 aromatic heterocycles. The third-order valence-electron chi connectivity index (χ3n) is 0.878. The van der Waals surface area contributed by atoms with Gasteiger partial charge in [-0.3, -0.25) is 4.79 Å². The Morgan fingerprint density at radius 3 is 2.15 bits per heavy atom. The molecule has 0 rings (SSSR count). The highest BCUT2D eigenvalue weighted by Crippen LogP contribution is 1.72. The Kier molecular flexibility index (Phi) is 15.9. The Morgan fingerprint density at radius 1 is 1.31 bits per heavy atom. The van der Waals surface area contributed by atoms with Gasteiger partial charge in [-0.2, -0.15) is 0 Å². The first-order valence-corrected chi connectivity index (χ1v) is 3.98. The van der Waals surface area contributed by atoms with Crippen molar-refractivity contribution >= 4 is 6.41 Å². The van der Waals surface area contributed by atoms with Gasteiger partial charge in [-0.05, 0) is 0 Å². The van der Waals surface area contributed by atoms with E-state index in [0.29, 0.717) is 19.8 Å². The Bertz CT molecular complexity index is 92.1. The first-order chi connectivity index (χ1) is 6.18. The highest BCUT2D eigenvalue weighted by atomic mass is 16.5. The van der Waals surface area contributed by atoms with Crippen molar-refractivity contribution in [3.63, 3.8) is 0 Å². The van der Waals surface area contributed by atoms with Crippen LogP contribution >= 0.6 is 0 Å². The molecule has 0 aliphatic carbocycles. The largest absolute Gasteiger partial charge is 0.394 e. The van der Waals surface area contributed by atoms with Crippen molar-refractivity contribution in [3.05, 3.63) is 0 Å². The summed E-state index contributed by atoms with van der Waals surface area (Å²) in [7, 11) is 4.99. The van der Waals surface area contributed by atoms with Gasteiger partial charge in [0.2, 0.25) is 6.41 Å². The number of methoxy groups -OCH3 is 1. The molecular weight excluding hydrogens is 174 g/mol. The lowest BCUT2D eigenvalue weighted by Crippen LogP contribution is -2.06. The fourth-order valence-electron chi connectivity index (χ4n) is 0.309. The fraction of sp³-hybridized carbons (Fsp3) is 0.875. The van der Waals surface area contributed by atoms with Gasteiger partial charge in [-0.15, -0.1) is 0 Å². The summed E-state index contributed by atoms with van der Waals surface area (Å²) in [5.74, 6) is 0. The van der Waals surface area contributed by atoms with E-state index in [4.69, 9.17) is 9.84 Å². The van der Waals surface area contributed by atoms with E-state index in [2.05, 4.69) is 4.74 Å². The minimum atomic E-state index is 0.0870. The van der Waals surface area contributed by atoms with Gasteiger partial charge in [-0.1, -0.05) is 0 Å². The van der Waals surface area contributed by atoms with Crippen molar-refractivity contribution in [2.45, 2.75) is 0 Å². The Labute approximate surface area is 79.2 Å². The molecule has 0 saturated heterocycles. The topological polar surface area (TPSA) is 59.0 Å². The predicted molar refractivity (Wildman–Crippen MR) is 49.5 cm³/mol. The average molecular weight is 193 g/mol. The number of hydrogen-bond acceptors (Lipinski definition) is 4. The Morgan fingerprint density at radius 2 is 1.85 bits per heavy atom. The zero-order chi connectivity index (χ0) is 10.5. The van der Waals surface area contributed by atoms with Crippen molar-refractivity contribution < 1.29 is 19.4 Å². The number of carbonyl (C=O) groups is 1. The molecule has 0 radical (unpaired) electrons. The summed E-state index contributed by atoms with van der Waals surface area (Å²) >= 11 is 0. The second-order valence-electron chi connectivity index (χ2n) is 2.40. The lowest BCUT2D eigenvalue weighted by atomic mass is 10.7. The van der Waals surface area contributed by atoms with Crippen molar-refractivity contribution in [3.8, 4) is 0 Å². The fourth-order valence-corrected chi connectivity index (χ4v) is 0.309. The van der Waals surface area contributed by atoms with Crippen LogP contribution in [0.4, 0.5) is 0 Å². The van der Waals surface area contributed by atoms with Crippen LogP contribution in [0, 0.1) is 0 Å². The van der Waals surface area contributed by atoms with E-state index >= 15 is 0 Å². The molecule has 5 heteroatoms. The Hall–Kier alpha value is -0.650. The van der Waals surface area contributed by atoms with Crippen LogP contribution in [0.3, 0.4) is 0 Å². The molecule has 0 heterocycles. The van der Waals surface area contributed by atoms with Gasteiger partial charge < -0.3 is 19.5 Å². The van der Waals surface area contributed by atoms with Crippen LogP contribution in [-0.4, -0.2) is 64.0 Å². The number of nitrogens with zero attached hydrogens (tertiary/aromatic N) is 1. The summed E-state index contributed by atoms with van der Waals surface area (Å²) in [5, 5.41) is 8.20. The number of rotatable bonds is 6. The zero-order valence-corrected chi connectivity index (χ0v) is 8.52. The molecule has 0 aliphatic heterocycles. The molecule has 1 amide bonds. The van der Waals surface area contributed by atoms with Crippen molar-refractivity contribution in [1.29, 1.82) is 0 Å². The minimum absolute atomic E-state index is 0.0870. The second kappa shape index (κ2) is 13.9. The van der Waals surface area contributed by atoms with E-state index in [9.17, 15) is 4.79 Å². The predicted octanol–water partition coefficient (Wildman–Crippen LogP) is -0.654. The number of aliphatic hydroxyl groups excluding tert-OH is 1. The van der Waals surface area contributed by atoms with E-state index in [1.807, 2.05) is 0 Å². The van der Waals surface area contributed by atoms with Crippen molar-refractivity contribution in [1.82, 2.24) is 4.90 Å². The summed E-state index contributed by atoms with van der Waals surface area (Å²) < 4.78 is 9.53. The number of carbonyl (C=O) groups excluding carboxylic acids is 1. The van der Waals surface area contributed by atoms with E-state index in [-0.39, 0.29) is 6.61 Å². The number of aliphatic hydroxyl groups is 1. The summed E-state index contributed by atoms with van der Waals surface area (Å²) in [4.78, 5) is 10.9. The molecule has 0 bridgehead atoms. The molecule has 0 aromatic rings. The summed E-state index contributed by atoms with van der Waals surface area (Å²) in [6, 6.07) is 0. The highest BCUT2D eigenvalue weighted by molar-refractivity contribution is 5.45. The van der Waals surface area contributed by atoms with Gasteiger partial charge >= 0.3 is 0 Å². The maximum absolute atomic E-state index is 9.43. The van der Waals surface area contributed by atoms with Gasteiger partial charge in [-0.25, -0.2) is 0 Å². The molecule has 80 valence electrons. The van der Waals surface area contributed by atoms with Gasteiger partial charge in [0.05, 0.1) is 26.4 Å². The lowest BCUT2D eigenvalue weighted by molar-refractivity contribution is -0.115. The van der Waals surface area contributed by atoms with Crippen LogP contribution in [-0.2, 0) is 14.3 Å². The van der Waals surface area contributed by atoms with Crippen LogP contribution in [0.1, 0.15) is 0 Å². The number of hydrogen-bond donors (Lipinski definition) is 1. The normalized spacial score (nSPS) is 8.62. The smallest absolute Gasteiger partial charge is 0.209 e. The molecule has 5 nitrogen and oxygen atoms in total. The SMILES string of the molecule is CN(C)C=O.COCCOCCO. The molecule has 0 aliphatic rings. The molecule has 0 atom stereocenters. The average Bonchev–Trinajstić information content (AvgIpc) is 2.14. The summed E-state index contributed by atoms with van der Waals surface area (Å²) in [5.41, 5.74) is 0. The Balaban J connectivity index is 0. The van der Waals surface area contributed by atoms with E-state index in [1.165, 1.54) is 4.90 Å². The first-order valence-electron chi connectivity index (χ1n) is 3.98. The quantitative estimate of drug-likeness (QED) is 0.449. The standard InChI is InChI=1S/C5H12O3.C3H7NO/c1-7-4-5-8-3-2-6;1-4(2)3-5/h6H,2-5H2,1H3;3H,1-2H3. The van der Waals surface area contributed by atoms with Crippen LogP contribution in [0.5, 0.6) is 0 Å². The molecule has 0 fully saturated rings. The van der Waals surface area contributed by atoms with Gasteiger partial charge in [0.25, 0.3) is 0 Å². The first kappa shape index (κ1) is 14.9. The van der Waals surface area contributed by atoms with Crippen LogP contribution in [0.2, 0.25) is 0 Å². The van der Waals surface area contributed by atoms with Gasteiger partial charge in [0, 0.05) is 21.2 Å². The van der Waals surface area contributed by atoms with E-state index in [0.717, 1.165) is 6.41 Å². The van der Waals surface area contributed by atoms with E-state index < -0.39 is 0 Å². The molecule has 1 N–H and O–H groups in total. The van der Waals surface area contributed by atoms with Crippen molar-refractivity contribution in [2.75, 3.05) is 47.6 Å². The zero-order valence-electron chi connectivity index (χ0n) is 8.52. The number of amides is 1. The lowest BCUT2D eigenvalue weighted by Gasteiger charge is -1.98. The monoisotopic (exact) mass is 193 g/mol. The molecular formula is C8H19NO4. The summed E-state index contributed by atoms with van der Waals surface area (Å²) in [6.45, 7) is 1.66. The third kappa shape index (κ3) is 24.6. The maximum atomic E-state index is 9.43. The van der Waals surface area contributed by atoms with E-state index in [1.54, 1.807) is 21.2 Å². The van der Waals surface area contributed by atoms with Gasteiger partial charge in [0.1, 0.15) is 0 Å². The third-order valence-corrected chi connectivity index (χ3v) is 0.878. The molecule has 13 heavy (non-hydrogen) atoms. The van der Waals surface area contributed by atoms with Gasteiger partial charge in [0.15, 0.2) is 0 Å².